The van der Waals surface area contributed by atoms with Crippen molar-refractivity contribution in [1.29, 1.82) is 0 Å². The first-order valence-electron chi connectivity index (χ1n) is 7.15. The fourth-order valence-corrected chi connectivity index (χ4v) is 3.23. The Balaban J connectivity index is 2.31. The predicted molar refractivity (Wildman–Crippen MR) is 93.8 cm³/mol. The topological polar surface area (TPSA) is 37.4 Å². The Hall–Kier alpha value is -1.84. The highest BCUT2D eigenvalue weighted by atomic mass is 35.5. The number of carbonyl (C=O) groups is 2. The van der Waals surface area contributed by atoms with Crippen molar-refractivity contribution >= 4 is 34.9 Å². The third-order valence-electron chi connectivity index (χ3n) is 3.98. The molecule has 0 aliphatic carbocycles. The van der Waals surface area contributed by atoms with Crippen LogP contribution in [0.5, 0.6) is 0 Å². The van der Waals surface area contributed by atoms with Crippen molar-refractivity contribution < 1.29 is 9.59 Å². The molecule has 2 rings (SSSR count). The Morgan fingerprint density at radius 2 is 1.91 bits per heavy atom. The molecule has 0 saturated heterocycles. The molecule has 1 heterocycles. The third-order valence-corrected chi connectivity index (χ3v) is 4.69. The summed E-state index contributed by atoms with van der Waals surface area (Å²) < 4.78 is 0. The molecule has 1 amide bonds. The van der Waals surface area contributed by atoms with Gasteiger partial charge in [-0.2, -0.15) is 0 Å². The van der Waals surface area contributed by atoms with E-state index >= 15 is 0 Å². The molecule has 3 nitrogen and oxygen atoms in total. The molecule has 0 spiro atoms. The van der Waals surface area contributed by atoms with E-state index in [1.54, 1.807) is 24.3 Å². The van der Waals surface area contributed by atoms with Gasteiger partial charge in [-0.25, -0.2) is 0 Å². The maximum Gasteiger partial charge on any atom is 0.228 e. The number of nitrogens with zero attached hydrogens (tertiary/aromatic N) is 1. The maximum absolute atomic E-state index is 12.7. The molecule has 1 aliphatic rings. The fraction of sp³-hybridized carbons (Fsp3) is 0.222. The lowest BCUT2D eigenvalue weighted by molar-refractivity contribution is -0.136. The van der Waals surface area contributed by atoms with Gasteiger partial charge in [-0.3, -0.25) is 9.59 Å². The first-order valence-corrected chi connectivity index (χ1v) is 7.90. The Morgan fingerprint density at radius 3 is 2.43 bits per heavy atom. The summed E-state index contributed by atoms with van der Waals surface area (Å²) in [7, 11) is 0. The van der Waals surface area contributed by atoms with Crippen LogP contribution in [-0.2, 0) is 16.0 Å². The highest BCUT2D eigenvalue weighted by molar-refractivity contribution is 6.36. The number of rotatable bonds is 4. The summed E-state index contributed by atoms with van der Waals surface area (Å²) >= 11 is 12.2. The molecule has 0 saturated carbocycles. The number of ketones is 1. The fourth-order valence-electron chi connectivity index (χ4n) is 2.70. The number of Topliss-reactive ketones (excluding diaryl/α,β-unsaturated/α-hetero) is 1. The second-order valence-corrected chi connectivity index (χ2v) is 6.09. The van der Waals surface area contributed by atoms with Gasteiger partial charge in [0.2, 0.25) is 5.91 Å². The molecule has 1 aromatic carbocycles. The van der Waals surface area contributed by atoms with Gasteiger partial charge < -0.3 is 4.90 Å². The Labute approximate surface area is 145 Å². The normalized spacial score (nSPS) is 18.1. The summed E-state index contributed by atoms with van der Waals surface area (Å²) in [6.45, 7) is 9.27. The van der Waals surface area contributed by atoms with Crippen LogP contribution < -0.4 is 0 Å². The van der Waals surface area contributed by atoms with Crippen LogP contribution in [0.2, 0.25) is 10.0 Å². The zero-order chi connectivity index (χ0) is 17.1. The van der Waals surface area contributed by atoms with Gasteiger partial charge in [0, 0.05) is 15.6 Å². The van der Waals surface area contributed by atoms with Gasteiger partial charge in [0.1, 0.15) is 0 Å². The first-order chi connectivity index (χ1) is 10.9. The van der Waals surface area contributed by atoms with Gasteiger partial charge in [0.25, 0.3) is 0 Å². The summed E-state index contributed by atoms with van der Waals surface area (Å²) in [6.07, 6.45) is 3.16. The van der Waals surface area contributed by atoms with Crippen molar-refractivity contribution in [2.24, 2.45) is 0 Å². The molecular formula is C18H17Cl2NO2. The number of halogens is 2. The van der Waals surface area contributed by atoms with E-state index in [1.165, 1.54) is 11.0 Å². The second-order valence-electron chi connectivity index (χ2n) is 5.28. The molecule has 1 unspecified atom stereocenters. The van der Waals surface area contributed by atoms with E-state index in [-0.39, 0.29) is 30.7 Å². The summed E-state index contributed by atoms with van der Waals surface area (Å²) in [5.74, 6) is -0.352. The molecule has 0 bridgehead atoms. The average Bonchev–Trinajstić information content (AvgIpc) is 2.52. The Bertz CT molecular complexity index is 701. The van der Waals surface area contributed by atoms with E-state index in [4.69, 9.17) is 23.2 Å². The molecule has 23 heavy (non-hydrogen) atoms. The van der Waals surface area contributed by atoms with Gasteiger partial charge in [-0.05, 0) is 30.2 Å². The lowest BCUT2D eigenvalue weighted by atomic mass is 9.92. The van der Waals surface area contributed by atoms with Gasteiger partial charge in [-0.15, -0.1) is 0 Å². The van der Waals surface area contributed by atoms with Crippen LogP contribution in [0, 0.1) is 0 Å². The van der Waals surface area contributed by atoms with Crippen molar-refractivity contribution in [3.63, 3.8) is 0 Å². The summed E-state index contributed by atoms with van der Waals surface area (Å²) in [4.78, 5) is 26.4. The molecule has 1 atom stereocenters. The summed E-state index contributed by atoms with van der Waals surface area (Å²) in [6, 6.07) is 4.84. The zero-order valence-electron chi connectivity index (χ0n) is 12.8. The monoisotopic (exact) mass is 349 g/mol. The number of amides is 1. The first kappa shape index (κ1) is 17.5. The largest absolute Gasteiger partial charge is 0.328 e. The highest BCUT2D eigenvalue weighted by Crippen LogP contribution is 2.28. The van der Waals surface area contributed by atoms with E-state index in [0.717, 1.165) is 0 Å². The zero-order valence-corrected chi connectivity index (χ0v) is 14.3. The van der Waals surface area contributed by atoms with Crippen LogP contribution in [0.4, 0.5) is 0 Å². The van der Waals surface area contributed by atoms with Crippen molar-refractivity contribution in [3.05, 3.63) is 70.3 Å². The molecule has 5 heteroatoms. The lowest BCUT2D eigenvalue weighted by Crippen LogP contribution is -2.47. The van der Waals surface area contributed by atoms with E-state index in [2.05, 4.69) is 13.2 Å². The SMILES string of the molecule is C=CC1=C(C=C)C(C)N(C(=O)Cc2c(Cl)cccc2Cl)CC1=O. The predicted octanol–water partition coefficient (Wildman–Crippen LogP) is 4.00. The third kappa shape index (κ3) is 3.41. The van der Waals surface area contributed by atoms with Gasteiger partial charge in [0.05, 0.1) is 19.0 Å². The molecular weight excluding hydrogens is 333 g/mol. The lowest BCUT2D eigenvalue weighted by Gasteiger charge is -2.34. The van der Waals surface area contributed by atoms with Crippen LogP contribution in [0.25, 0.3) is 0 Å². The van der Waals surface area contributed by atoms with Gasteiger partial charge in [-0.1, -0.05) is 54.6 Å². The number of hydrogen-bond acceptors (Lipinski definition) is 2. The van der Waals surface area contributed by atoms with Crippen molar-refractivity contribution in [1.82, 2.24) is 4.90 Å². The van der Waals surface area contributed by atoms with Crippen LogP contribution in [0.3, 0.4) is 0 Å². The Kier molecular flexibility index (Phi) is 5.45. The molecule has 0 N–H and O–H groups in total. The van der Waals surface area contributed by atoms with E-state index < -0.39 is 0 Å². The minimum Gasteiger partial charge on any atom is -0.328 e. The number of hydrogen-bond donors (Lipinski definition) is 0. The number of allylic oxidation sites excluding steroid dienone is 1. The van der Waals surface area contributed by atoms with E-state index in [1.807, 2.05) is 6.92 Å². The average molecular weight is 350 g/mol. The van der Waals surface area contributed by atoms with Crippen molar-refractivity contribution in [2.75, 3.05) is 6.54 Å². The molecule has 0 aromatic heterocycles. The molecule has 1 aliphatic heterocycles. The number of carbonyl (C=O) groups excluding carboxylic acids is 2. The Morgan fingerprint density at radius 1 is 1.30 bits per heavy atom. The highest BCUT2D eigenvalue weighted by Gasteiger charge is 2.32. The van der Waals surface area contributed by atoms with E-state index in [9.17, 15) is 9.59 Å². The standard InChI is InChI=1S/C18H17Cl2NO2/c1-4-12-11(3)21(10-17(22)13(12)5-2)18(23)9-14-15(19)7-6-8-16(14)20/h4-8,11H,1-2,9-10H2,3H3. The number of benzene rings is 1. The maximum atomic E-state index is 12.7. The molecule has 0 radical (unpaired) electrons. The summed E-state index contributed by atoms with van der Waals surface area (Å²) in [5, 5.41) is 0.876. The molecule has 1 aromatic rings. The van der Waals surface area contributed by atoms with Gasteiger partial charge >= 0.3 is 0 Å². The van der Waals surface area contributed by atoms with Gasteiger partial charge in [0.15, 0.2) is 5.78 Å². The summed E-state index contributed by atoms with van der Waals surface area (Å²) in [5.41, 5.74) is 1.79. The van der Waals surface area contributed by atoms with Crippen LogP contribution in [0.15, 0.2) is 54.7 Å². The second kappa shape index (κ2) is 7.16. The minimum absolute atomic E-state index is 0.0146. The quantitative estimate of drug-likeness (QED) is 0.823. The molecule has 0 fully saturated rings. The molecule has 120 valence electrons. The van der Waals surface area contributed by atoms with E-state index in [0.29, 0.717) is 26.8 Å². The van der Waals surface area contributed by atoms with Crippen LogP contribution >= 0.6 is 23.2 Å². The van der Waals surface area contributed by atoms with Crippen LogP contribution in [0.1, 0.15) is 12.5 Å². The minimum atomic E-state index is -0.257. The van der Waals surface area contributed by atoms with Crippen LogP contribution in [-0.4, -0.2) is 29.2 Å². The van der Waals surface area contributed by atoms with Crippen molar-refractivity contribution in [2.45, 2.75) is 19.4 Å². The van der Waals surface area contributed by atoms with Crippen molar-refractivity contribution in [3.8, 4) is 0 Å². The smallest absolute Gasteiger partial charge is 0.228 e.